The second-order valence-corrected chi connectivity index (χ2v) is 7.65. The fourth-order valence-corrected chi connectivity index (χ4v) is 4.05. The number of fused-ring (bicyclic) bond motifs is 2. The van der Waals surface area contributed by atoms with Gasteiger partial charge in [-0.15, -0.1) is 11.8 Å². The predicted molar refractivity (Wildman–Crippen MR) is 115 cm³/mol. The van der Waals surface area contributed by atoms with Crippen molar-refractivity contribution in [1.82, 2.24) is 9.55 Å². The zero-order chi connectivity index (χ0) is 20.2. The molecule has 4 rings (SSSR count). The van der Waals surface area contributed by atoms with Crippen molar-refractivity contribution in [1.29, 1.82) is 0 Å². The van der Waals surface area contributed by atoms with Crippen molar-refractivity contribution in [2.24, 2.45) is 0 Å². The molecule has 2 heterocycles. The molecule has 0 aliphatic carbocycles. The highest BCUT2D eigenvalue weighted by Crippen LogP contribution is 2.32. The van der Waals surface area contributed by atoms with Gasteiger partial charge in [0.2, 0.25) is 11.9 Å². The second kappa shape index (κ2) is 8.67. The largest absolute Gasteiger partial charge is 0.382 e. The molecule has 7 nitrogen and oxygen atoms in total. The lowest BCUT2D eigenvalue weighted by Gasteiger charge is -2.17. The Kier molecular flexibility index (Phi) is 5.82. The summed E-state index contributed by atoms with van der Waals surface area (Å²) in [6, 6.07) is 13.1. The summed E-state index contributed by atoms with van der Waals surface area (Å²) >= 11 is 1.47. The van der Waals surface area contributed by atoms with Gasteiger partial charge in [0.15, 0.2) is 0 Å². The van der Waals surface area contributed by atoms with Gasteiger partial charge in [-0.2, -0.15) is 0 Å². The van der Waals surface area contributed by atoms with Gasteiger partial charge in [-0.05, 0) is 43.7 Å². The monoisotopic (exact) mass is 410 g/mol. The molecule has 2 amide bonds. The molecule has 1 aliphatic rings. The molecule has 150 valence electrons. The van der Waals surface area contributed by atoms with Gasteiger partial charge in [-0.1, -0.05) is 12.1 Å². The highest BCUT2D eigenvalue weighted by Gasteiger charge is 2.19. The maximum atomic E-state index is 12.9. The Balaban J connectivity index is 1.57. The number of nitrogens with zero attached hydrogens (tertiary/aromatic N) is 2. The summed E-state index contributed by atoms with van der Waals surface area (Å²) < 4.78 is 7.44. The number of para-hydroxylation sites is 2. The fraction of sp³-hybridized carbons (Fsp3) is 0.286. The Bertz CT molecular complexity index is 1060. The normalized spacial score (nSPS) is 13.2. The van der Waals surface area contributed by atoms with E-state index in [1.54, 1.807) is 12.1 Å². The van der Waals surface area contributed by atoms with Crippen molar-refractivity contribution in [3.8, 4) is 0 Å². The predicted octanol–water partition coefficient (Wildman–Crippen LogP) is 3.76. The Morgan fingerprint density at radius 2 is 2.17 bits per heavy atom. The molecule has 0 fully saturated rings. The van der Waals surface area contributed by atoms with Crippen molar-refractivity contribution in [2.75, 3.05) is 29.6 Å². The van der Waals surface area contributed by atoms with E-state index in [4.69, 9.17) is 4.74 Å². The first-order chi connectivity index (χ1) is 14.2. The Morgan fingerprint density at radius 3 is 3.03 bits per heavy atom. The zero-order valence-corrected chi connectivity index (χ0v) is 16.9. The molecule has 1 aliphatic heterocycles. The van der Waals surface area contributed by atoms with Crippen molar-refractivity contribution in [2.45, 2.75) is 24.8 Å². The summed E-state index contributed by atoms with van der Waals surface area (Å²) in [5, 5.41) is 5.75. The second-order valence-electron chi connectivity index (χ2n) is 6.63. The maximum absolute atomic E-state index is 12.9. The minimum Gasteiger partial charge on any atom is -0.382 e. The highest BCUT2D eigenvalue weighted by molar-refractivity contribution is 8.00. The number of ether oxygens (including phenoxy) is 1. The van der Waals surface area contributed by atoms with Crippen LogP contribution in [0, 0.1) is 0 Å². The molecule has 2 aromatic carbocycles. The van der Waals surface area contributed by atoms with Gasteiger partial charge in [-0.3, -0.25) is 14.9 Å². The van der Waals surface area contributed by atoms with E-state index in [0.29, 0.717) is 42.7 Å². The molecule has 0 spiro atoms. The number of hydrogen-bond acceptors (Lipinski definition) is 5. The number of amides is 2. The summed E-state index contributed by atoms with van der Waals surface area (Å²) in [6.07, 6.45) is 0.819. The van der Waals surface area contributed by atoms with Crippen LogP contribution >= 0.6 is 11.8 Å². The molecule has 3 aromatic rings. The van der Waals surface area contributed by atoms with Crippen LogP contribution in [-0.2, 0) is 16.1 Å². The topological polar surface area (TPSA) is 85.2 Å². The first kappa shape index (κ1) is 19.5. The van der Waals surface area contributed by atoms with Gasteiger partial charge in [0.1, 0.15) is 0 Å². The summed E-state index contributed by atoms with van der Waals surface area (Å²) in [4.78, 5) is 30.1. The van der Waals surface area contributed by atoms with Crippen LogP contribution in [0.4, 0.5) is 11.6 Å². The first-order valence-corrected chi connectivity index (χ1v) is 10.6. The average Bonchev–Trinajstić information content (AvgIpc) is 3.07. The van der Waals surface area contributed by atoms with E-state index < -0.39 is 0 Å². The van der Waals surface area contributed by atoms with Crippen LogP contribution in [0.1, 0.15) is 23.7 Å². The number of carbonyl (C=O) groups excluding carboxylic acids is 2. The molecule has 0 saturated heterocycles. The van der Waals surface area contributed by atoms with Gasteiger partial charge in [0.25, 0.3) is 5.91 Å². The molecule has 29 heavy (non-hydrogen) atoms. The number of benzene rings is 2. The lowest BCUT2D eigenvalue weighted by atomic mass is 10.2. The number of thioether (sulfide) groups is 1. The number of anilines is 2. The summed E-state index contributed by atoms with van der Waals surface area (Å²) in [5.41, 5.74) is 2.94. The van der Waals surface area contributed by atoms with E-state index in [0.717, 1.165) is 22.3 Å². The van der Waals surface area contributed by atoms with Crippen LogP contribution in [0.25, 0.3) is 11.0 Å². The molecular weight excluding hydrogens is 388 g/mol. The number of aromatic nitrogens is 2. The maximum Gasteiger partial charge on any atom is 0.258 e. The van der Waals surface area contributed by atoms with Gasteiger partial charge in [0, 0.05) is 30.2 Å². The van der Waals surface area contributed by atoms with E-state index >= 15 is 0 Å². The highest BCUT2D eigenvalue weighted by atomic mass is 32.2. The Morgan fingerprint density at radius 1 is 1.31 bits per heavy atom. The van der Waals surface area contributed by atoms with E-state index in [1.807, 2.05) is 41.8 Å². The van der Waals surface area contributed by atoms with Gasteiger partial charge in [-0.25, -0.2) is 4.98 Å². The molecule has 0 saturated carbocycles. The number of hydrogen-bond donors (Lipinski definition) is 2. The third-order valence-corrected chi connectivity index (χ3v) is 5.70. The SMILES string of the molecule is CCOCCCn1c(NC(=O)c2ccc3c(c2)NC(=O)CS3)nc2ccccc21. The number of imidazole rings is 1. The summed E-state index contributed by atoms with van der Waals surface area (Å²) in [6.45, 7) is 3.99. The van der Waals surface area contributed by atoms with E-state index in [-0.39, 0.29) is 11.8 Å². The average molecular weight is 410 g/mol. The molecular formula is C21H22N4O3S. The third-order valence-electron chi connectivity index (χ3n) is 4.63. The smallest absolute Gasteiger partial charge is 0.258 e. The van der Waals surface area contributed by atoms with Gasteiger partial charge >= 0.3 is 0 Å². The molecule has 0 atom stereocenters. The number of aryl methyl sites for hydroxylation is 1. The van der Waals surface area contributed by atoms with E-state index in [1.165, 1.54) is 11.8 Å². The fourth-order valence-electron chi connectivity index (χ4n) is 3.26. The summed E-state index contributed by atoms with van der Waals surface area (Å²) in [7, 11) is 0. The van der Waals surface area contributed by atoms with Gasteiger partial charge < -0.3 is 14.6 Å². The minimum absolute atomic E-state index is 0.0591. The number of carbonyl (C=O) groups is 2. The Labute approximate surface area is 172 Å². The molecule has 8 heteroatoms. The number of nitrogens with one attached hydrogen (secondary N) is 2. The third kappa shape index (κ3) is 4.28. The van der Waals surface area contributed by atoms with Crippen molar-refractivity contribution in [3.05, 3.63) is 48.0 Å². The molecule has 0 bridgehead atoms. The van der Waals surface area contributed by atoms with Crippen molar-refractivity contribution >= 4 is 46.2 Å². The molecule has 1 aromatic heterocycles. The number of rotatable bonds is 7. The van der Waals surface area contributed by atoms with Crippen LogP contribution in [0.5, 0.6) is 0 Å². The van der Waals surface area contributed by atoms with Crippen LogP contribution in [0.2, 0.25) is 0 Å². The van der Waals surface area contributed by atoms with Crippen molar-refractivity contribution in [3.63, 3.8) is 0 Å². The molecule has 0 unspecified atom stereocenters. The summed E-state index contributed by atoms with van der Waals surface area (Å²) in [5.74, 6) is 0.573. The standard InChI is InChI=1S/C21H22N4O3S/c1-2-28-11-5-10-25-17-7-4-3-6-15(17)23-21(25)24-20(27)14-8-9-18-16(12-14)22-19(26)13-29-18/h3-4,6-9,12H,2,5,10-11,13H2,1H3,(H,22,26)(H,23,24,27). The lowest BCUT2D eigenvalue weighted by molar-refractivity contribution is -0.113. The van der Waals surface area contributed by atoms with Crippen molar-refractivity contribution < 1.29 is 14.3 Å². The Hall–Kier alpha value is -2.84. The van der Waals surface area contributed by atoms with Crippen LogP contribution in [0.15, 0.2) is 47.4 Å². The first-order valence-electron chi connectivity index (χ1n) is 9.57. The van der Waals surface area contributed by atoms with Crippen LogP contribution < -0.4 is 10.6 Å². The molecule has 2 N–H and O–H groups in total. The van der Waals surface area contributed by atoms with Crippen LogP contribution in [-0.4, -0.2) is 40.3 Å². The zero-order valence-electron chi connectivity index (χ0n) is 16.1. The van der Waals surface area contributed by atoms with Crippen LogP contribution in [0.3, 0.4) is 0 Å². The lowest BCUT2D eigenvalue weighted by Crippen LogP contribution is -2.20. The van der Waals surface area contributed by atoms with E-state index in [9.17, 15) is 9.59 Å². The van der Waals surface area contributed by atoms with E-state index in [2.05, 4.69) is 15.6 Å². The quantitative estimate of drug-likeness (QED) is 0.580. The molecule has 0 radical (unpaired) electrons. The minimum atomic E-state index is -0.265. The van der Waals surface area contributed by atoms with Gasteiger partial charge in [0.05, 0.1) is 22.5 Å².